The maximum atomic E-state index is 13.7. The average molecular weight is 325 g/mol. The van der Waals surface area contributed by atoms with E-state index in [1.807, 2.05) is 13.8 Å². The number of aromatic nitrogens is 2. The minimum Gasteiger partial charge on any atom is -0.323 e. The maximum Gasteiger partial charge on any atom is 0.344 e. The fourth-order valence-corrected chi connectivity index (χ4v) is 3.21. The molecular weight excluding hydrogens is 309 g/mol. The second kappa shape index (κ2) is 6.27. The molecule has 1 amide bonds. The van der Waals surface area contributed by atoms with Crippen molar-refractivity contribution in [1.29, 1.82) is 0 Å². The highest BCUT2D eigenvalue weighted by molar-refractivity contribution is 7.91. The summed E-state index contributed by atoms with van der Waals surface area (Å²) in [5.41, 5.74) is 0. The van der Waals surface area contributed by atoms with Crippen molar-refractivity contribution in [3.05, 3.63) is 42.3 Å². The van der Waals surface area contributed by atoms with E-state index in [1.165, 1.54) is 29.3 Å². The van der Waals surface area contributed by atoms with E-state index in [9.17, 15) is 17.6 Å². The molecule has 1 heterocycles. The van der Waals surface area contributed by atoms with Crippen LogP contribution in [0.1, 0.15) is 13.8 Å². The zero-order valence-electron chi connectivity index (χ0n) is 12.2. The van der Waals surface area contributed by atoms with Gasteiger partial charge in [0.2, 0.25) is 9.84 Å². The lowest BCUT2D eigenvalue weighted by molar-refractivity contribution is 0.201. The minimum absolute atomic E-state index is 0.363. The molecule has 0 fully saturated rings. The molecule has 0 atom stereocenters. The summed E-state index contributed by atoms with van der Waals surface area (Å²) in [4.78, 5) is 13.1. The van der Waals surface area contributed by atoms with Gasteiger partial charge in [-0.25, -0.2) is 17.6 Å². The highest BCUT2D eigenvalue weighted by Gasteiger charge is 2.25. The van der Waals surface area contributed by atoms with Crippen molar-refractivity contribution in [3.63, 3.8) is 0 Å². The summed E-state index contributed by atoms with van der Waals surface area (Å²) in [6.07, 6.45) is 1.26. The summed E-state index contributed by atoms with van der Waals surface area (Å²) in [5, 5.41) is 3.42. The van der Waals surface area contributed by atoms with Crippen molar-refractivity contribution in [1.82, 2.24) is 14.7 Å². The molecule has 0 aliphatic carbocycles. The summed E-state index contributed by atoms with van der Waals surface area (Å²) >= 11 is 0. The van der Waals surface area contributed by atoms with Crippen LogP contribution < -0.4 is 0 Å². The summed E-state index contributed by atoms with van der Waals surface area (Å²) in [6.45, 7) is 4.57. The van der Waals surface area contributed by atoms with E-state index in [0.29, 0.717) is 13.1 Å². The molecule has 0 aliphatic heterocycles. The topological polar surface area (TPSA) is 72.3 Å². The smallest absolute Gasteiger partial charge is 0.323 e. The van der Waals surface area contributed by atoms with Crippen LogP contribution in [-0.2, 0) is 9.84 Å². The molecule has 6 nitrogen and oxygen atoms in total. The summed E-state index contributed by atoms with van der Waals surface area (Å²) in [6, 6.07) is 5.80. The van der Waals surface area contributed by atoms with Gasteiger partial charge in [-0.1, -0.05) is 12.1 Å². The van der Waals surface area contributed by atoms with E-state index >= 15 is 0 Å². The third-order valence-corrected chi connectivity index (χ3v) is 4.87. The number of carbonyl (C=O) groups excluding carboxylic acids is 1. The molecule has 2 rings (SSSR count). The lowest BCUT2D eigenvalue weighted by Crippen LogP contribution is -2.34. The molecule has 1 aromatic heterocycles. The molecule has 0 saturated heterocycles. The number of halogens is 1. The highest BCUT2D eigenvalue weighted by Crippen LogP contribution is 2.21. The molecule has 2 aromatic rings. The minimum atomic E-state index is -4.10. The Labute approximate surface area is 128 Å². The molecule has 0 saturated carbocycles. The first-order valence-electron chi connectivity index (χ1n) is 6.76. The van der Waals surface area contributed by atoms with Gasteiger partial charge in [-0.2, -0.15) is 9.78 Å². The number of hydrogen-bond donors (Lipinski definition) is 0. The number of rotatable bonds is 4. The number of sulfone groups is 1. The van der Waals surface area contributed by atoms with Crippen LogP contribution in [0, 0.1) is 5.82 Å². The predicted octanol–water partition coefficient (Wildman–Crippen LogP) is 2.16. The molecule has 0 aliphatic rings. The number of benzene rings is 1. The summed E-state index contributed by atoms with van der Waals surface area (Å²) in [7, 11) is -4.10. The third kappa shape index (κ3) is 2.87. The molecule has 0 spiro atoms. The van der Waals surface area contributed by atoms with Crippen LogP contribution in [-0.4, -0.2) is 42.2 Å². The highest BCUT2D eigenvalue weighted by atomic mass is 32.2. The van der Waals surface area contributed by atoms with Crippen molar-refractivity contribution >= 4 is 15.9 Å². The molecule has 8 heteroatoms. The maximum absolute atomic E-state index is 13.7. The molecular formula is C14H16FN3O3S. The Morgan fingerprint density at radius 2 is 1.86 bits per heavy atom. The first-order chi connectivity index (χ1) is 10.4. The van der Waals surface area contributed by atoms with Gasteiger partial charge in [0.05, 0.1) is 0 Å². The monoisotopic (exact) mass is 325 g/mol. The van der Waals surface area contributed by atoms with Crippen molar-refractivity contribution < 1.29 is 17.6 Å². The standard InChI is InChI=1S/C14H16FN3O3S/c1-3-17(4-2)14(19)18-10-9-13(16-18)22(20,21)12-8-6-5-7-11(12)15/h5-10H,3-4H2,1-2H3. The van der Waals surface area contributed by atoms with Crippen molar-refractivity contribution in [2.24, 2.45) is 0 Å². The Morgan fingerprint density at radius 3 is 2.45 bits per heavy atom. The van der Waals surface area contributed by atoms with Gasteiger partial charge in [-0.15, -0.1) is 0 Å². The molecule has 0 N–H and O–H groups in total. The zero-order chi connectivity index (χ0) is 16.3. The van der Waals surface area contributed by atoms with Crippen LogP contribution in [0.3, 0.4) is 0 Å². The van der Waals surface area contributed by atoms with Crippen molar-refractivity contribution in [2.75, 3.05) is 13.1 Å². The van der Waals surface area contributed by atoms with E-state index in [1.54, 1.807) is 0 Å². The fraction of sp³-hybridized carbons (Fsp3) is 0.286. The molecule has 118 valence electrons. The van der Waals surface area contributed by atoms with Gasteiger partial charge in [0, 0.05) is 19.3 Å². The first-order valence-corrected chi connectivity index (χ1v) is 8.24. The lowest BCUT2D eigenvalue weighted by Gasteiger charge is -2.17. The van der Waals surface area contributed by atoms with E-state index in [4.69, 9.17) is 0 Å². The van der Waals surface area contributed by atoms with Crippen molar-refractivity contribution in [2.45, 2.75) is 23.8 Å². The third-order valence-electron chi connectivity index (χ3n) is 3.20. The Hall–Kier alpha value is -2.22. The molecule has 0 bridgehead atoms. The van der Waals surface area contributed by atoms with Crippen LogP contribution in [0.5, 0.6) is 0 Å². The lowest BCUT2D eigenvalue weighted by atomic mass is 10.3. The van der Waals surface area contributed by atoms with E-state index in [0.717, 1.165) is 16.8 Å². The molecule has 1 aromatic carbocycles. The van der Waals surface area contributed by atoms with Gasteiger partial charge in [0.15, 0.2) is 5.03 Å². The average Bonchev–Trinajstić information content (AvgIpc) is 2.99. The van der Waals surface area contributed by atoms with Gasteiger partial charge in [-0.3, -0.25) is 0 Å². The Morgan fingerprint density at radius 1 is 1.23 bits per heavy atom. The number of hydrogen-bond acceptors (Lipinski definition) is 4. The Bertz CT molecular complexity index is 782. The van der Waals surface area contributed by atoms with Gasteiger partial charge in [0.1, 0.15) is 10.7 Å². The number of amides is 1. The Balaban J connectivity index is 2.40. The van der Waals surface area contributed by atoms with Gasteiger partial charge < -0.3 is 4.90 Å². The van der Waals surface area contributed by atoms with Crippen molar-refractivity contribution in [3.8, 4) is 0 Å². The van der Waals surface area contributed by atoms with E-state index < -0.39 is 26.6 Å². The second-order valence-corrected chi connectivity index (χ2v) is 6.35. The van der Waals surface area contributed by atoms with Gasteiger partial charge >= 0.3 is 6.03 Å². The molecule has 22 heavy (non-hydrogen) atoms. The number of nitrogens with zero attached hydrogens (tertiary/aromatic N) is 3. The SMILES string of the molecule is CCN(CC)C(=O)n1ccc(S(=O)(=O)c2ccccc2F)n1. The first kappa shape index (κ1) is 16.2. The van der Waals surface area contributed by atoms with Crippen LogP contribution in [0.25, 0.3) is 0 Å². The summed E-state index contributed by atoms with van der Waals surface area (Å²) in [5.74, 6) is -0.855. The van der Waals surface area contributed by atoms with Gasteiger partial charge in [-0.05, 0) is 32.0 Å². The van der Waals surface area contributed by atoms with E-state index in [-0.39, 0.29) is 5.03 Å². The molecule has 0 unspecified atom stereocenters. The number of carbonyl (C=O) groups is 1. The second-order valence-electron chi connectivity index (χ2n) is 4.49. The van der Waals surface area contributed by atoms with Crippen LogP contribution in [0.4, 0.5) is 9.18 Å². The molecule has 0 radical (unpaired) electrons. The van der Waals surface area contributed by atoms with Crippen LogP contribution in [0.15, 0.2) is 46.5 Å². The van der Waals surface area contributed by atoms with Crippen LogP contribution in [0.2, 0.25) is 0 Å². The zero-order valence-corrected chi connectivity index (χ0v) is 13.0. The predicted molar refractivity (Wildman–Crippen MR) is 77.8 cm³/mol. The van der Waals surface area contributed by atoms with E-state index in [2.05, 4.69) is 5.10 Å². The Kier molecular flexibility index (Phi) is 4.60. The van der Waals surface area contributed by atoms with Crippen LogP contribution >= 0.6 is 0 Å². The quantitative estimate of drug-likeness (QED) is 0.863. The summed E-state index contributed by atoms with van der Waals surface area (Å²) < 4.78 is 39.3. The van der Waals surface area contributed by atoms with Gasteiger partial charge in [0.25, 0.3) is 0 Å². The normalized spacial score (nSPS) is 11.4. The largest absolute Gasteiger partial charge is 0.344 e. The fourth-order valence-electron chi connectivity index (χ4n) is 1.97.